The fourth-order valence-electron chi connectivity index (χ4n) is 3.64. The van der Waals surface area contributed by atoms with E-state index < -0.39 is 0 Å². The molecular weight excluding hydrogens is 318 g/mol. The molecule has 25 heavy (non-hydrogen) atoms. The maximum absolute atomic E-state index is 12.6. The number of amides is 1. The van der Waals surface area contributed by atoms with Crippen LogP contribution in [0.2, 0.25) is 0 Å². The molecule has 2 fully saturated rings. The van der Waals surface area contributed by atoms with E-state index in [0.717, 1.165) is 50.1 Å². The Balaban J connectivity index is 1.49. The molecule has 2 aliphatic rings. The van der Waals surface area contributed by atoms with Gasteiger partial charge in [-0.2, -0.15) is 0 Å². The van der Waals surface area contributed by atoms with Gasteiger partial charge in [-0.05, 0) is 25.0 Å². The van der Waals surface area contributed by atoms with Crippen LogP contribution in [0.5, 0.6) is 0 Å². The molecule has 0 radical (unpaired) electrons. The third-order valence-electron chi connectivity index (χ3n) is 5.04. The number of ether oxygens (including phenoxy) is 1. The Morgan fingerprint density at radius 3 is 2.56 bits per heavy atom. The molecule has 0 bridgehead atoms. The van der Waals surface area contributed by atoms with Crippen LogP contribution in [0.1, 0.15) is 24.6 Å². The van der Waals surface area contributed by atoms with Gasteiger partial charge in [0, 0.05) is 45.0 Å². The fourth-order valence-corrected chi connectivity index (χ4v) is 3.64. The molecule has 7 nitrogen and oxygen atoms in total. The zero-order valence-electron chi connectivity index (χ0n) is 14.5. The second-order valence-electron chi connectivity index (χ2n) is 6.61. The Kier molecular flexibility index (Phi) is 4.40. The first kappa shape index (κ1) is 16.1. The zero-order chi connectivity index (χ0) is 17.2. The number of aromatic nitrogens is 3. The van der Waals surface area contributed by atoms with Crippen molar-refractivity contribution in [3.8, 4) is 0 Å². The Morgan fingerprint density at radius 1 is 1.08 bits per heavy atom. The molecule has 132 valence electrons. The van der Waals surface area contributed by atoms with Gasteiger partial charge < -0.3 is 19.1 Å². The third kappa shape index (κ3) is 3.11. The summed E-state index contributed by atoms with van der Waals surface area (Å²) in [5.74, 6) is 2.26. The molecule has 1 aromatic carbocycles. The summed E-state index contributed by atoms with van der Waals surface area (Å²) < 4.78 is 7.48. The number of carbonyl (C=O) groups excluding carboxylic acids is 1. The molecule has 3 heterocycles. The van der Waals surface area contributed by atoms with Crippen LogP contribution < -0.4 is 9.80 Å². The van der Waals surface area contributed by atoms with Crippen LogP contribution >= 0.6 is 0 Å². The van der Waals surface area contributed by atoms with E-state index in [2.05, 4.69) is 10.2 Å². The molecule has 0 atom stereocenters. The number of para-hydroxylation sites is 1. The first-order valence-electron chi connectivity index (χ1n) is 8.81. The summed E-state index contributed by atoms with van der Waals surface area (Å²) in [4.78, 5) is 16.5. The van der Waals surface area contributed by atoms with Gasteiger partial charge in [-0.25, -0.2) is 0 Å². The van der Waals surface area contributed by atoms with Crippen molar-refractivity contribution in [1.82, 2.24) is 14.8 Å². The Bertz CT molecular complexity index is 739. The van der Waals surface area contributed by atoms with Gasteiger partial charge in [0.2, 0.25) is 11.9 Å². The van der Waals surface area contributed by atoms with Crippen molar-refractivity contribution in [3.05, 3.63) is 36.2 Å². The van der Waals surface area contributed by atoms with Crippen molar-refractivity contribution in [2.45, 2.75) is 18.8 Å². The van der Waals surface area contributed by atoms with Crippen LogP contribution in [0, 0.1) is 0 Å². The van der Waals surface area contributed by atoms with Gasteiger partial charge >= 0.3 is 0 Å². The summed E-state index contributed by atoms with van der Waals surface area (Å²) in [6.07, 6.45) is 1.96. The number of hydrogen-bond donors (Lipinski definition) is 0. The Hall–Kier alpha value is -2.41. The lowest BCUT2D eigenvalue weighted by atomic mass is 10.00. The molecular formula is C18H23N5O2. The smallest absolute Gasteiger partial charge is 0.246 e. The van der Waals surface area contributed by atoms with Crippen molar-refractivity contribution in [3.63, 3.8) is 0 Å². The lowest BCUT2D eigenvalue weighted by molar-refractivity contribution is -0.117. The van der Waals surface area contributed by atoms with Crippen LogP contribution in [0.3, 0.4) is 0 Å². The molecule has 2 aromatic rings. The zero-order valence-corrected chi connectivity index (χ0v) is 14.5. The lowest BCUT2D eigenvalue weighted by Gasteiger charge is -2.34. The largest absolute Gasteiger partial charge is 0.381 e. The van der Waals surface area contributed by atoms with Crippen LogP contribution in [0.25, 0.3) is 0 Å². The highest BCUT2D eigenvalue weighted by Crippen LogP contribution is 2.28. The summed E-state index contributed by atoms with van der Waals surface area (Å²) in [6, 6.07) is 9.82. The van der Waals surface area contributed by atoms with Crippen LogP contribution in [-0.2, 0) is 16.6 Å². The molecule has 2 aliphatic heterocycles. The Labute approximate surface area is 147 Å². The van der Waals surface area contributed by atoms with Crippen LogP contribution in [-0.4, -0.2) is 53.5 Å². The second kappa shape index (κ2) is 6.84. The van der Waals surface area contributed by atoms with E-state index in [1.165, 1.54) is 0 Å². The molecule has 0 unspecified atom stereocenters. The lowest BCUT2D eigenvalue weighted by Crippen LogP contribution is -2.51. The van der Waals surface area contributed by atoms with Crippen LogP contribution in [0.4, 0.5) is 11.6 Å². The first-order chi connectivity index (χ1) is 12.2. The van der Waals surface area contributed by atoms with Crippen molar-refractivity contribution in [2.75, 3.05) is 42.6 Å². The van der Waals surface area contributed by atoms with Gasteiger partial charge in [0.1, 0.15) is 12.4 Å². The molecule has 7 heteroatoms. The highest BCUT2D eigenvalue weighted by Gasteiger charge is 2.29. The minimum Gasteiger partial charge on any atom is -0.381 e. The summed E-state index contributed by atoms with van der Waals surface area (Å²) >= 11 is 0. The predicted molar refractivity (Wildman–Crippen MR) is 94.8 cm³/mol. The second-order valence-corrected chi connectivity index (χ2v) is 6.61. The van der Waals surface area contributed by atoms with Gasteiger partial charge in [-0.3, -0.25) is 4.79 Å². The third-order valence-corrected chi connectivity index (χ3v) is 5.04. The monoisotopic (exact) mass is 341 g/mol. The number of anilines is 2. The first-order valence-corrected chi connectivity index (χ1v) is 8.81. The topological polar surface area (TPSA) is 63.5 Å². The molecule has 0 saturated carbocycles. The van der Waals surface area contributed by atoms with E-state index in [4.69, 9.17) is 4.74 Å². The number of carbonyl (C=O) groups is 1. The summed E-state index contributed by atoms with van der Waals surface area (Å²) in [7, 11) is 1.99. The predicted octanol–water partition coefficient (Wildman–Crippen LogP) is 1.56. The number of nitrogens with zero attached hydrogens (tertiary/aromatic N) is 5. The van der Waals surface area contributed by atoms with E-state index in [-0.39, 0.29) is 5.91 Å². The average Bonchev–Trinajstić information content (AvgIpc) is 3.04. The molecule has 0 N–H and O–H groups in total. The minimum atomic E-state index is 0.0908. The molecule has 2 saturated heterocycles. The minimum absolute atomic E-state index is 0.0908. The van der Waals surface area contributed by atoms with E-state index in [9.17, 15) is 4.79 Å². The molecule has 4 rings (SSSR count). The van der Waals surface area contributed by atoms with Gasteiger partial charge in [-0.15, -0.1) is 10.2 Å². The number of rotatable bonds is 3. The van der Waals surface area contributed by atoms with Crippen molar-refractivity contribution in [2.24, 2.45) is 7.05 Å². The fraction of sp³-hybridized carbons (Fsp3) is 0.500. The molecule has 1 amide bonds. The van der Waals surface area contributed by atoms with Gasteiger partial charge in [-0.1, -0.05) is 18.2 Å². The molecule has 0 aliphatic carbocycles. The Morgan fingerprint density at radius 2 is 1.84 bits per heavy atom. The SMILES string of the molecule is Cn1c(C2CCOCC2)nnc1N1CCN(c2ccccc2)C(=O)C1. The summed E-state index contributed by atoms with van der Waals surface area (Å²) in [6.45, 7) is 3.29. The maximum Gasteiger partial charge on any atom is 0.246 e. The van der Waals surface area contributed by atoms with Crippen molar-refractivity contribution < 1.29 is 9.53 Å². The number of benzene rings is 1. The van der Waals surface area contributed by atoms with Gasteiger partial charge in [0.05, 0.1) is 0 Å². The van der Waals surface area contributed by atoms with Crippen LogP contribution in [0.15, 0.2) is 30.3 Å². The quantitative estimate of drug-likeness (QED) is 0.848. The standard InChI is InChI=1S/C18H23N5O2/c1-21-17(14-7-11-25-12-8-14)19-20-18(21)22-9-10-23(16(24)13-22)15-5-3-2-4-6-15/h2-6,14H,7-13H2,1H3. The average molecular weight is 341 g/mol. The van der Waals surface area contributed by atoms with E-state index in [0.29, 0.717) is 19.0 Å². The normalized spacial score (nSPS) is 19.5. The maximum atomic E-state index is 12.6. The van der Waals surface area contributed by atoms with E-state index in [1.807, 2.05) is 51.7 Å². The van der Waals surface area contributed by atoms with Gasteiger partial charge in [0.25, 0.3) is 0 Å². The summed E-state index contributed by atoms with van der Waals surface area (Å²) in [5.41, 5.74) is 0.952. The summed E-state index contributed by atoms with van der Waals surface area (Å²) in [5, 5.41) is 8.78. The molecule has 0 spiro atoms. The van der Waals surface area contributed by atoms with Crippen molar-refractivity contribution in [1.29, 1.82) is 0 Å². The van der Waals surface area contributed by atoms with E-state index >= 15 is 0 Å². The highest BCUT2D eigenvalue weighted by molar-refractivity contribution is 5.97. The highest BCUT2D eigenvalue weighted by atomic mass is 16.5. The van der Waals surface area contributed by atoms with Gasteiger partial charge in [0.15, 0.2) is 0 Å². The molecule has 1 aromatic heterocycles. The van der Waals surface area contributed by atoms with E-state index in [1.54, 1.807) is 0 Å². The number of piperazine rings is 1. The number of hydrogen-bond acceptors (Lipinski definition) is 5. The van der Waals surface area contributed by atoms with Crippen molar-refractivity contribution >= 4 is 17.5 Å².